The van der Waals surface area contributed by atoms with Crippen molar-refractivity contribution < 1.29 is 41.9 Å². The fraction of sp³-hybridized carbons (Fsp3) is 0.524. The Hall–Kier alpha value is 0.394. The summed E-state index contributed by atoms with van der Waals surface area (Å²) in [7, 11) is 0. The Labute approximate surface area is 190 Å². The minimum atomic E-state index is -1.02. The molecule has 1 aliphatic rings. The molecule has 0 aromatic heterocycles. The average Bonchev–Trinajstić information content (AvgIpc) is 2.75. The molecule has 0 spiro atoms. The summed E-state index contributed by atoms with van der Waals surface area (Å²) in [5.74, 6) is -0.246. The molecule has 4 atom stereocenters. The molecule has 4 heteroatoms. The van der Waals surface area contributed by atoms with E-state index in [-0.39, 0.29) is 50.3 Å². The first kappa shape index (κ1) is 23.4. The van der Waals surface area contributed by atoms with Crippen molar-refractivity contribution in [3.63, 3.8) is 0 Å². The summed E-state index contributed by atoms with van der Waals surface area (Å²) < 4.78 is 14.2. The molecule has 0 saturated heterocycles. The van der Waals surface area contributed by atoms with Gasteiger partial charge in [-0.05, 0) is 49.8 Å². The van der Waals surface area contributed by atoms with Crippen LogP contribution in [0.3, 0.4) is 0 Å². The maximum absolute atomic E-state index is 14.7. The van der Waals surface area contributed by atoms with Crippen LogP contribution in [0.25, 0.3) is 0 Å². The number of hydrogen-bond donors (Lipinski definition) is 0. The maximum atomic E-state index is 14.7. The predicted molar refractivity (Wildman–Crippen MR) is 107 cm³/mol. The molecule has 25 heavy (non-hydrogen) atoms. The quantitative estimate of drug-likeness (QED) is 0.190. The Morgan fingerprint density at radius 3 is 2.48 bits per heavy atom. The van der Waals surface area contributed by atoms with Gasteiger partial charge in [-0.3, -0.25) is 4.79 Å². The minimum absolute atomic E-state index is 0. The molecule has 0 bridgehead atoms. The van der Waals surface area contributed by atoms with Gasteiger partial charge >= 0.3 is 0 Å². The van der Waals surface area contributed by atoms with Crippen molar-refractivity contribution in [2.45, 2.75) is 56.0 Å². The molecular formula is C21H27FIOY-. The summed E-state index contributed by atoms with van der Waals surface area (Å²) in [5, 5.41) is 0. The van der Waals surface area contributed by atoms with Gasteiger partial charge in [-0.15, -0.1) is 0 Å². The van der Waals surface area contributed by atoms with Crippen LogP contribution in [0.1, 0.15) is 42.4 Å². The first-order valence-corrected chi connectivity index (χ1v) is 10.0. The molecule has 0 amide bonds. The van der Waals surface area contributed by atoms with Crippen LogP contribution in [0.15, 0.2) is 30.4 Å². The SMILES string of the molecule is [CH2-]CC/C=C\C[C@H]1C(=O)C(I)C(F)[C@@H]1CCc1c(C)cccc1C.[Y]. The molecule has 1 saturated carbocycles. The smallest absolute Gasteiger partial charge is 0.152 e. The van der Waals surface area contributed by atoms with E-state index in [2.05, 4.69) is 45.0 Å². The molecule has 1 radical (unpaired) electrons. The number of hydrogen-bond acceptors (Lipinski definition) is 1. The molecule has 2 unspecified atom stereocenters. The number of allylic oxidation sites excluding steroid dienone is 2. The number of halogens is 2. The van der Waals surface area contributed by atoms with Crippen LogP contribution >= 0.6 is 22.6 Å². The average molecular weight is 530 g/mol. The second-order valence-electron chi connectivity index (χ2n) is 6.78. The third-order valence-electron chi connectivity index (χ3n) is 5.14. The Kier molecular flexibility index (Phi) is 10.6. The molecule has 1 aromatic rings. The summed E-state index contributed by atoms with van der Waals surface area (Å²) in [6, 6.07) is 6.27. The van der Waals surface area contributed by atoms with E-state index < -0.39 is 10.1 Å². The number of Topliss-reactive ketones (excluding diaryl/α,β-unsaturated/α-hetero) is 1. The van der Waals surface area contributed by atoms with Gasteiger partial charge < -0.3 is 6.92 Å². The van der Waals surface area contributed by atoms with Crippen molar-refractivity contribution in [1.29, 1.82) is 0 Å². The van der Waals surface area contributed by atoms with Crippen LogP contribution in [-0.2, 0) is 43.9 Å². The van der Waals surface area contributed by atoms with E-state index >= 15 is 0 Å². The van der Waals surface area contributed by atoms with E-state index in [0.29, 0.717) is 6.42 Å². The summed E-state index contributed by atoms with van der Waals surface area (Å²) in [6.07, 6.45) is 7.11. The van der Waals surface area contributed by atoms with Crippen molar-refractivity contribution in [2.24, 2.45) is 11.8 Å². The van der Waals surface area contributed by atoms with Crippen molar-refractivity contribution in [3.8, 4) is 0 Å². The number of carbonyl (C=O) groups is 1. The van der Waals surface area contributed by atoms with Gasteiger partial charge in [-0.2, -0.15) is 6.42 Å². The standard InChI is InChI=1S/C21H27FIO.Y/c1-4-5-6-7-11-18-17(19(22)20(23)21(18)24)13-12-16-14(2)9-8-10-15(16)3;/h6-10,17-20H,1,4-5,11-13H2,2-3H3;/q-1;/b7-6-;/t17-,18-,19?,20?;/m1./s1. The van der Waals surface area contributed by atoms with Gasteiger partial charge in [0.15, 0.2) is 5.78 Å². The Balaban J connectivity index is 0.00000312. The second kappa shape index (κ2) is 11.3. The van der Waals surface area contributed by atoms with Crippen LogP contribution in [-0.4, -0.2) is 15.9 Å². The van der Waals surface area contributed by atoms with Crippen molar-refractivity contribution in [3.05, 3.63) is 54.0 Å². The zero-order valence-electron chi connectivity index (χ0n) is 15.2. The molecule has 1 fully saturated rings. The first-order valence-electron chi connectivity index (χ1n) is 8.78. The van der Waals surface area contributed by atoms with Crippen molar-refractivity contribution >= 4 is 28.4 Å². The molecule has 135 valence electrons. The van der Waals surface area contributed by atoms with Gasteiger partial charge in [-0.1, -0.05) is 59.4 Å². The van der Waals surface area contributed by atoms with Gasteiger partial charge in [0.2, 0.25) is 0 Å². The van der Waals surface area contributed by atoms with Gasteiger partial charge in [-0.25, -0.2) is 4.39 Å². The molecule has 1 nitrogen and oxygen atoms in total. The predicted octanol–water partition coefficient (Wildman–Crippen LogP) is 5.75. The van der Waals surface area contributed by atoms with Crippen LogP contribution < -0.4 is 0 Å². The number of ketones is 1. The molecule has 0 aliphatic heterocycles. The minimum Gasteiger partial charge on any atom is -0.343 e. The maximum Gasteiger partial charge on any atom is 0.152 e. The van der Waals surface area contributed by atoms with Gasteiger partial charge in [0.1, 0.15) is 10.1 Å². The Morgan fingerprint density at radius 1 is 1.24 bits per heavy atom. The molecule has 2 rings (SSSR count). The zero-order valence-corrected chi connectivity index (χ0v) is 20.2. The third-order valence-corrected chi connectivity index (χ3v) is 6.44. The fourth-order valence-corrected chi connectivity index (χ4v) is 4.69. The summed E-state index contributed by atoms with van der Waals surface area (Å²) in [4.78, 5) is 12.4. The largest absolute Gasteiger partial charge is 0.343 e. The fourth-order valence-electron chi connectivity index (χ4n) is 3.70. The van der Waals surface area contributed by atoms with E-state index in [0.717, 1.165) is 25.7 Å². The second-order valence-corrected chi connectivity index (χ2v) is 8.12. The van der Waals surface area contributed by atoms with E-state index in [4.69, 9.17) is 0 Å². The van der Waals surface area contributed by atoms with Gasteiger partial charge in [0.25, 0.3) is 0 Å². The van der Waals surface area contributed by atoms with Gasteiger partial charge in [0.05, 0.1) is 0 Å². The van der Waals surface area contributed by atoms with E-state index in [1.54, 1.807) is 0 Å². The molecule has 1 aromatic carbocycles. The molecule has 0 N–H and O–H groups in total. The number of aryl methyl sites for hydroxylation is 2. The van der Waals surface area contributed by atoms with Gasteiger partial charge in [0, 0.05) is 44.5 Å². The van der Waals surface area contributed by atoms with Crippen LogP contribution in [0.5, 0.6) is 0 Å². The number of unbranched alkanes of at least 4 members (excludes halogenated alkanes) is 1. The first-order chi connectivity index (χ1) is 11.5. The normalized spacial score (nSPS) is 26.2. The topological polar surface area (TPSA) is 17.1 Å². The summed E-state index contributed by atoms with van der Waals surface area (Å²) >= 11 is 1.99. The van der Waals surface area contributed by atoms with E-state index in [1.807, 2.05) is 28.7 Å². The van der Waals surface area contributed by atoms with Crippen LogP contribution in [0.4, 0.5) is 4.39 Å². The van der Waals surface area contributed by atoms with Crippen LogP contribution in [0, 0.1) is 32.6 Å². The molecule has 1 aliphatic carbocycles. The van der Waals surface area contributed by atoms with Crippen molar-refractivity contribution in [2.75, 3.05) is 0 Å². The number of carbonyl (C=O) groups excluding carboxylic acids is 1. The summed E-state index contributed by atoms with van der Waals surface area (Å²) in [6.45, 7) is 8.02. The Bertz CT molecular complexity index is 581. The zero-order chi connectivity index (χ0) is 17.7. The third kappa shape index (κ3) is 5.94. The van der Waals surface area contributed by atoms with Crippen LogP contribution in [0.2, 0.25) is 0 Å². The number of rotatable bonds is 7. The number of benzene rings is 1. The van der Waals surface area contributed by atoms with Crippen molar-refractivity contribution in [1.82, 2.24) is 0 Å². The molecule has 0 heterocycles. The number of alkyl halides is 2. The summed E-state index contributed by atoms with van der Waals surface area (Å²) in [5.41, 5.74) is 3.82. The molecular weight excluding hydrogens is 503 g/mol. The van der Waals surface area contributed by atoms with E-state index in [1.165, 1.54) is 16.7 Å². The van der Waals surface area contributed by atoms with E-state index in [9.17, 15) is 9.18 Å². The monoisotopic (exact) mass is 530 g/mol. The Morgan fingerprint density at radius 2 is 1.88 bits per heavy atom.